The highest BCUT2D eigenvalue weighted by molar-refractivity contribution is 14.1. The molecule has 0 aliphatic rings. The van der Waals surface area contributed by atoms with E-state index in [4.69, 9.17) is 0 Å². The summed E-state index contributed by atoms with van der Waals surface area (Å²) in [5.41, 5.74) is 2.27. The predicted molar refractivity (Wildman–Crippen MR) is 92.1 cm³/mol. The van der Waals surface area contributed by atoms with Crippen molar-refractivity contribution in [3.05, 3.63) is 66.2 Å². The second kappa shape index (κ2) is 6.53. The Morgan fingerprint density at radius 2 is 2.00 bits per heavy atom. The fourth-order valence-electron chi connectivity index (χ4n) is 1.85. The molecule has 0 saturated carbocycles. The summed E-state index contributed by atoms with van der Waals surface area (Å²) in [5.74, 6) is 0. The Kier molecular flexibility index (Phi) is 4.98. The second-order valence-electron chi connectivity index (χ2n) is 4.34. The number of benzene rings is 2. The lowest BCUT2D eigenvalue weighted by Gasteiger charge is -2.20. The average Bonchev–Trinajstić information content (AvgIpc) is 2.40. The van der Waals surface area contributed by atoms with E-state index in [9.17, 15) is 10.1 Å². The molecular formula is C14H12BrIN2O2. The summed E-state index contributed by atoms with van der Waals surface area (Å²) in [5, 5.41) is 10.8. The third kappa shape index (κ3) is 3.49. The lowest BCUT2D eigenvalue weighted by molar-refractivity contribution is -0.385. The van der Waals surface area contributed by atoms with Crippen LogP contribution < -0.4 is 4.90 Å². The molecule has 0 spiro atoms. The molecule has 2 aromatic carbocycles. The highest BCUT2D eigenvalue weighted by Gasteiger charge is 2.13. The molecule has 104 valence electrons. The lowest BCUT2D eigenvalue weighted by atomic mass is 10.2. The van der Waals surface area contributed by atoms with Crippen molar-refractivity contribution in [2.75, 3.05) is 11.9 Å². The zero-order chi connectivity index (χ0) is 14.7. The van der Waals surface area contributed by atoms with Gasteiger partial charge in [-0.1, -0.05) is 34.1 Å². The number of halogens is 2. The molecule has 0 saturated heterocycles. The van der Waals surface area contributed by atoms with Gasteiger partial charge in [0.1, 0.15) is 0 Å². The minimum atomic E-state index is -0.362. The SMILES string of the molecule is CN(Cc1ccccc1Br)c1ccc([N+](=O)[O-])c(I)c1. The minimum absolute atomic E-state index is 0.142. The summed E-state index contributed by atoms with van der Waals surface area (Å²) in [6.07, 6.45) is 0. The molecule has 2 rings (SSSR count). The van der Waals surface area contributed by atoms with Crippen LogP contribution in [0.2, 0.25) is 0 Å². The summed E-state index contributed by atoms with van der Waals surface area (Å²) in [6.45, 7) is 0.731. The summed E-state index contributed by atoms with van der Waals surface area (Å²) >= 11 is 5.52. The first-order chi connectivity index (χ1) is 9.49. The monoisotopic (exact) mass is 446 g/mol. The first-order valence-electron chi connectivity index (χ1n) is 5.87. The topological polar surface area (TPSA) is 46.4 Å². The molecule has 0 unspecified atom stereocenters. The Bertz CT molecular complexity index is 649. The minimum Gasteiger partial charge on any atom is -0.370 e. The van der Waals surface area contributed by atoms with Crippen molar-refractivity contribution in [2.45, 2.75) is 6.54 Å². The van der Waals surface area contributed by atoms with Crippen molar-refractivity contribution in [1.82, 2.24) is 0 Å². The Hall–Kier alpha value is -1.15. The molecule has 0 aliphatic carbocycles. The van der Waals surface area contributed by atoms with Gasteiger partial charge in [0, 0.05) is 29.8 Å². The molecule has 4 nitrogen and oxygen atoms in total. The van der Waals surface area contributed by atoms with Crippen molar-refractivity contribution in [2.24, 2.45) is 0 Å². The first-order valence-corrected chi connectivity index (χ1v) is 7.74. The van der Waals surface area contributed by atoms with Crippen LogP contribution in [0.15, 0.2) is 46.9 Å². The van der Waals surface area contributed by atoms with Gasteiger partial charge in [-0.3, -0.25) is 10.1 Å². The number of hydrogen-bond acceptors (Lipinski definition) is 3. The normalized spacial score (nSPS) is 10.3. The van der Waals surface area contributed by atoms with E-state index in [0.29, 0.717) is 3.57 Å². The molecule has 0 bridgehead atoms. The first kappa shape index (κ1) is 15.2. The van der Waals surface area contributed by atoms with Crippen LogP contribution in [0, 0.1) is 13.7 Å². The summed E-state index contributed by atoms with van der Waals surface area (Å²) in [4.78, 5) is 12.5. The standard InChI is InChI=1S/C14H12BrIN2O2/c1-17(9-10-4-2-3-5-12(10)15)11-6-7-14(18(19)20)13(16)8-11/h2-8H,9H2,1H3. The molecule has 2 aromatic rings. The van der Waals surface area contributed by atoms with Crippen molar-refractivity contribution >= 4 is 49.9 Å². The van der Waals surface area contributed by atoms with Crippen LogP contribution in [0.4, 0.5) is 11.4 Å². The van der Waals surface area contributed by atoms with Gasteiger partial charge in [0.25, 0.3) is 5.69 Å². The van der Waals surface area contributed by atoms with E-state index < -0.39 is 0 Å². The van der Waals surface area contributed by atoms with Gasteiger partial charge in [0.2, 0.25) is 0 Å². The van der Waals surface area contributed by atoms with Gasteiger partial charge in [-0.15, -0.1) is 0 Å². The van der Waals surface area contributed by atoms with Crippen LogP contribution >= 0.6 is 38.5 Å². The third-order valence-corrected chi connectivity index (χ3v) is 4.57. The van der Waals surface area contributed by atoms with E-state index in [0.717, 1.165) is 16.7 Å². The molecule has 0 aliphatic heterocycles. The maximum Gasteiger partial charge on any atom is 0.282 e. The molecule has 0 fully saturated rings. The maximum absolute atomic E-state index is 10.8. The Morgan fingerprint density at radius 1 is 1.30 bits per heavy atom. The van der Waals surface area contributed by atoms with Crippen molar-refractivity contribution in [1.29, 1.82) is 0 Å². The molecule has 6 heteroatoms. The maximum atomic E-state index is 10.8. The highest BCUT2D eigenvalue weighted by atomic mass is 127. The number of anilines is 1. The molecule has 0 aromatic heterocycles. The zero-order valence-corrected chi connectivity index (χ0v) is 14.5. The molecule has 0 atom stereocenters. The molecule has 0 N–H and O–H groups in total. The van der Waals surface area contributed by atoms with Crippen LogP contribution in [0.3, 0.4) is 0 Å². The Morgan fingerprint density at radius 3 is 2.60 bits per heavy atom. The molecule has 0 heterocycles. The number of nitrogens with zero attached hydrogens (tertiary/aromatic N) is 2. The number of nitro benzene ring substituents is 1. The van der Waals surface area contributed by atoms with Gasteiger partial charge in [-0.2, -0.15) is 0 Å². The smallest absolute Gasteiger partial charge is 0.282 e. The van der Waals surface area contributed by atoms with E-state index in [1.165, 1.54) is 5.56 Å². The van der Waals surface area contributed by atoms with Gasteiger partial charge in [-0.25, -0.2) is 0 Å². The Balaban J connectivity index is 2.22. The number of rotatable bonds is 4. The lowest BCUT2D eigenvalue weighted by Crippen LogP contribution is -2.16. The van der Waals surface area contributed by atoms with Gasteiger partial charge in [-0.05, 0) is 46.4 Å². The fraction of sp³-hybridized carbons (Fsp3) is 0.143. The zero-order valence-electron chi connectivity index (χ0n) is 10.7. The Labute approximate surface area is 139 Å². The van der Waals surface area contributed by atoms with Crippen LogP contribution in [0.25, 0.3) is 0 Å². The fourth-order valence-corrected chi connectivity index (χ4v) is 2.96. The van der Waals surface area contributed by atoms with E-state index in [1.807, 2.05) is 53.9 Å². The molecular weight excluding hydrogens is 435 g/mol. The summed E-state index contributed by atoms with van der Waals surface area (Å²) in [7, 11) is 1.97. The number of nitro groups is 1. The molecule has 0 amide bonds. The van der Waals surface area contributed by atoms with Crippen LogP contribution in [-0.4, -0.2) is 12.0 Å². The highest BCUT2D eigenvalue weighted by Crippen LogP contribution is 2.27. The second-order valence-corrected chi connectivity index (χ2v) is 6.36. The molecule has 20 heavy (non-hydrogen) atoms. The van der Waals surface area contributed by atoms with Gasteiger partial charge in [0.05, 0.1) is 8.49 Å². The predicted octanol–water partition coefficient (Wildman–Crippen LogP) is 4.60. The van der Waals surface area contributed by atoms with E-state index >= 15 is 0 Å². The van der Waals surface area contributed by atoms with E-state index in [1.54, 1.807) is 12.1 Å². The van der Waals surface area contributed by atoms with Crippen molar-refractivity contribution in [3.8, 4) is 0 Å². The van der Waals surface area contributed by atoms with Crippen LogP contribution in [0.5, 0.6) is 0 Å². The molecule has 0 radical (unpaired) electrons. The summed E-state index contributed by atoms with van der Waals surface area (Å²) in [6, 6.07) is 13.2. The van der Waals surface area contributed by atoms with Gasteiger partial charge in [0.15, 0.2) is 0 Å². The summed E-state index contributed by atoms with van der Waals surface area (Å²) < 4.78 is 1.70. The average molecular weight is 447 g/mol. The third-order valence-electron chi connectivity index (χ3n) is 2.93. The quantitative estimate of drug-likeness (QED) is 0.391. The number of hydrogen-bond donors (Lipinski definition) is 0. The van der Waals surface area contributed by atoms with Gasteiger partial charge < -0.3 is 4.90 Å². The van der Waals surface area contributed by atoms with E-state index in [-0.39, 0.29) is 10.6 Å². The largest absolute Gasteiger partial charge is 0.370 e. The van der Waals surface area contributed by atoms with Crippen molar-refractivity contribution < 1.29 is 4.92 Å². The van der Waals surface area contributed by atoms with Crippen LogP contribution in [0.1, 0.15) is 5.56 Å². The van der Waals surface area contributed by atoms with Crippen LogP contribution in [-0.2, 0) is 6.54 Å². The van der Waals surface area contributed by atoms with Crippen molar-refractivity contribution in [3.63, 3.8) is 0 Å². The van der Waals surface area contributed by atoms with Gasteiger partial charge >= 0.3 is 0 Å². The van der Waals surface area contributed by atoms with E-state index in [2.05, 4.69) is 26.9 Å².